The second-order valence-corrected chi connectivity index (χ2v) is 4.18. The number of fused-ring (bicyclic) bond motifs is 1. The number of pyridine rings is 2. The van der Waals surface area contributed by atoms with E-state index in [4.69, 9.17) is 0 Å². The van der Waals surface area contributed by atoms with Crippen molar-refractivity contribution < 1.29 is 9.18 Å². The maximum absolute atomic E-state index is 13.5. The molecule has 0 spiro atoms. The highest BCUT2D eigenvalue weighted by Gasteiger charge is 2.13. The molecular formula is C15H10FN3O. The van der Waals surface area contributed by atoms with Gasteiger partial charge in [-0.25, -0.2) is 4.98 Å². The molecule has 2 heterocycles. The average Bonchev–Trinajstić information content (AvgIpc) is 2.48. The van der Waals surface area contributed by atoms with Gasteiger partial charge in [0.1, 0.15) is 0 Å². The minimum absolute atomic E-state index is 0.0968. The quantitative estimate of drug-likeness (QED) is 0.726. The SMILES string of the molecule is O=C(Nc1cccc2cccnc12)c1cccnc1F. The molecule has 3 aromatic rings. The minimum Gasteiger partial charge on any atom is -0.320 e. The largest absolute Gasteiger partial charge is 0.320 e. The third-order valence-corrected chi connectivity index (χ3v) is 2.88. The lowest BCUT2D eigenvalue weighted by molar-refractivity contribution is 0.102. The van der Waals surface area contributed by atoms with E-state index in [1.165, 1.54) is 18.3 Å². The predicted octanol–water partition coefficient (Wildman–Crippen LogP) is 3.02. The summed E-state index contributed by atoms with van der Waals surface area (Å²) in [4.78, 5) is 19.7. The van der Waals surface area contributed by atoms with Gasteiger partial charge in [-0.05, 0) is 24.3 Å². The molecule has 1 aromatic carbocycles. The highest BCUT2D eigenvalue weighted by atomic mass is 19.1. The van der Waals surface area contributed by atoms with Crippen molar-refractivity contribution in [1.82, 2.24) is 9.97 Å². The predicted molar refractivity (Wildman–Crippen MR) is 73.9 cm³/mol. The molecule has 0 saturated heterocycles. The van der Waals surface area contributed by atoms with Gasteiger partial charge in [-0.2, -0.15) is 4.39 Å². The summed E-state index contributed by atoms with van der Waals surface area (Å²) in [5, 5.41) is 3.56. The molecule has 4 nitrogen and oxygen atoms in total. The van der Waals surface area contributed by atoms with Crippen LogP contribution in [0.2, 0.25) is 0 Å². The summed E-state index contributed by atoms with van der Waals surface area (Å²) in [6.45, 7) is 0. The van der Waals surface area contributed by atoms with Crippen molar-refractivity contribution in [2.75, 3.05) is 5.32 Å². The molecule has 0 aliphatic carbocycles. The lowest BCUT2D eigenvalue weighted by Crippen LogP contribution is -2.14. The minimum atomic E-state index is -0.793. The Morgan fingerprint density at radius 2 is 1.75 bits per heavy atom. The number of hydrogen-bond donors (Lipinski definition) is 1. The van der Waals surface area contributed by atoms with Crippen LogP contribution in [0.4, 0.5) is 10.1 Å². The Balaban J connectivity index is 1.98. The van der Waals surface area contributed by atoms with Crippen LogP contribution in [0, 0.1) is 5.95 Å². The van der Waals surface area contributed by atoms with Crippen LogP contribution >= 0.6 is 0 Å². The average molecular weight is 267 g/mol. The number of halogens is 1. The van der Waals surface area contributed by atoms with Crippen LogP contribution in [0.1, 0.15) is 10.4 Å². The van der Waals surface area contributed by atoms with E-state index in [1.807, 2.05) is 18.2 Å². The molecule has 1 amide bonds. The zero-order valence-electron chi connectivity index (χ0n) is 10.4. The fourth-order valence-electron chi connectivity index (χ4n) is 1.95. The van der Waals surface area contributed by atoms with Crippen LogP contribution in [0.3, 0.4) is 0 Å². The van der Waals surface area contributed by atoms with Gasteiger partial charge in [0.25, 0.3) is 5.91 Å². The highest BCUT2D eigenvalue weighted by molar-refractivity contribution is 6.08. The number of nitrogens with one attached hydrogen (secondary N) is 1. The van der Waals surface area contributed by atoms with Crippen LogP contribution < -0.4 is 5.32 Å². The van der Waals surface area contributed by atoms with Gasteiger partial charge in [-0.3, -0.25) is 9.78 Å². The van der Waals surface area contributed by atoms with Gasteiger partial charge >= 0.3 is 0 Å². The Kier molecular flexibility index (Phi) is 3.09. The van der Waals surface area contributed by atoms with Crippen molar-refractivity contribution in [3.8, 4) is 0 Å². The van der Waals surface area contributed by atoms with Gasteiger partial charge < -0.3 is 5.32 Å². The van der Waals surface area contributed by atoms with E-state index < -0.39 is 11.9 Å². The number of amides is 1. The fraction of sp³-hybridized carbons (Fsp3) is 0. The molecule has 0 aliphatic heterocycles. The molecule has 0 saturated carbocycles. The van der Waals surface area contributed by atoms with Crippen LogP contribution in [0.5, 0.6) is 0 Å². The molecule has 20 heavy (non-hydrogen) atoms. The van der Waals surface area contributed by atoms with Crippen LogP contribution in [0.15, 0.2) is 54.9 Å². The Morgan fingerprint density at radius 1 is 1.00 bits per heavy atom. The van der Waals surface area contributed by atoms with E-state index in [1.54, 1.807) is 18.3 Å². The van der Waals surface area contributed by atoms with Crippen molar-refractivity contribution >= 4 is 22.5 Å². The smallest absolute Gasteiger partial charge is 0.260 e. The summed E-state index contributed by atoms with van der Waals surface area (Å²) < 4.78 is 13.5. The van der Waals surface area contributed by atoms with E-state index in [9.17, 15) is 9.18 Å². The molecule has 0 bridgehead atoms. The van der Waals surface area contributed by atoms with Gasteiger partial charge in [-0.1, -0.05) is 18.2 Å². The van der Waals surface area contributed by atoms with Crippen LogP contribution in [-0.4, -0.2) is 15.9 Å². The topological polar surface area (TPSA) is 54.9 Å². The molecule has 98 valence electrons. The summed E-state index contributed by atoms with van der Waals surface area (Å²) in [7, 11) is 0. The Hall–Kier alpha value is -2.82. The first-order valence-electron chi connectivity index (χ1n) is 6.01. The summed E-state index contributed by atoms with van der Waals surface area (Å²) in [6, 6.07) is 12.0. The monoisotopic (exact) mass is 267 g/mol. The number of benzene rings is 1. The van der Waals surface area contributed by atoms with Gasteiger partial charge in [0.2, 0.25) is 5.95 Å². The molecule has 0 unspecified atom stereocenters. The lowest BCUT2D eigenvalue weighted by atomic mass is 10.2. The van der Waals surface area contributed by atoms with Gasteiger partial charge in [0.15, 0.2) is 0 Å². The first-order valence-corrected chi connectivity index (χ1v) is 6.01. The Morgan fingerprint density at radius 3 is 2.60 bits per heavy atom. The van der Waals surface area contributed by atoms with Gasteiger partial charge in [0, 0.05) is 17.8 Å². The second kappa shape index (κ2) is 5.05. The van der Waals surface area contributed by atoms with Gasteiger partial charge in [0.05, 0.1) is 16.8 Å². The number of carbonyl (C=O) groups excluding carboxylic acids is 1. The highest BCUT2D eigenvalue weighted by Crippen LogP contribution is 2.21. The van der Waals surface area contributed by atoms with E-state index in [2.05, 4.69) is 15.3 Å². The molecule has 3 rings (SSSR count). The van der Waals surface area contributed by atoms with Gasteiger partial charge in [-0.15, -0.1) is 0 Å². The molecule has 0 fully saturated rings. The van der Waals surface area contributed by atoms with Crippen molar-refractivity contribution in [2.45, 2.75) is 0 Å². The fourth-order valence-corrected chi connectivity index (χ4v) is 1.95. The summed E-state index contributed by atoms with van der Waals surface area (Å²) >= 11 is 0. The van der Waals surface area contributed by atoms with E-state index in [0.29, 0.717) is 11.2 Å². The van der Waals surface area contributed by atoms with Crippen molar-refractivity contribution in [3.05, 3.63) is 66.4 Å². The number of para-hydroxylation sites is 1. The first kappa shape index (κ1) is 12.2. The van der Waals surface area contributed by atoms with Crippen molar-refractivity contribution in [3.63, 3.8) is 0 Å². The first-order chi connectivity index (χ1) is 9.75. The summed E-state index contributed by atoms with van der Waals surface area (Å²) in [5.74, 6) is -1.34. The molecule has 5 heteroatoms. The van der Waals surface area contributed by atoms with Crippen LogP contribution in [0.25, 0.3) is 10.9 Å². The second-order valence-electron chi connectivity index (χ2n) is 4.18. The van der Waals surface area contributed by atoms with E-state index in [-0.39, 0.29) is 5.56 Å². The Labute approximate surface area is 114 Å². The Bertz CT molecular complexity index is 783. The summed E-state index contributed by atoms with van der Waals surface area (Å²) in [6.07, 6.45) is 2.94. The molecule has 1 N–H and O–H groups in total. The standard InChI is InChI=1S/C15H10FN3O/c16-14-11(6-3-9-18-14)15(20)19-12-7-1-4-10-5-2-8-17-13(10)12/h1-9H,(H,19,20). The van der Waals surface area contributed by atoms with E-state index in [0.717, 1.165) is 5.39 Å². The maximum Gasteiger partial charge on any atom is 0.260 e. The number of rotatable bonds is 2. The third-order valence-electron chi connectivity index (χ3n) is 2.88. The summed E-state index contributed by atoms with van der Waals surface area (Å²) in [5.41, 5.74) is 1.10. The zero-order chi connectivity index (χ0) is 13.9. The lowest BCUT2D eigenvalue weighted by Gasteiger charge is -2.08. The molecule has 0 atom stereocenters. The van der Waals surface area contributed by atoms with Crippen LogP contribution in [-0.2, 0) is 0 Å². The number of aromatic nitrogens is 2. The number of anilines is 1. The van der Waals surface area contributed by atoms with Crippen molar-refractivity contribution in [2.24, 2.45) is 0 Å². The molecular weight excluding hydrogens is 257 g/mol. The third kappa shape index (κ3) is 2.21. The molecule has 0 radical (unpaired) electrons. The molecule has 0 aliphatic rings. The number of nitrogens with zero attached hydrogens (tertiary/aromatic N) is 2. The number of hydrogen-bond acceptors (Lipinski definition) is 3. The van der Waals surface area contributed by atoms with E-state index >= 15 is 0 Å². The van der Waals surface area contributed by atoms with Crippen molar-refractivity contribution in [1.29, 1.82) is 0 Å². The normalized spacial score (nSPS) is 10.4. The number of carbonyl (C=O) groups is 1. The molecule has 2 aromatic heterocycles. The zero-order valence-corrected chi connectivity index (χ0v) is 10.4. The maximum atomic E-state index is 13.5.